The number of piperazine rings is 1. The Bertz CT molecular complexity index is 888. The molecule has 4 rings (SSSR count). The molecule has 2 aromatic carbocycles. The maximum atomic E-state index is 12.9. The summed E-state index contributed by atoms with van der Waals surface area (Å²) in [6.45, 7) is 2.84. The van der Waals surface area contributed by atoms with Crippen LogP contribution in [0.1, 0.15) is 15.9 Å². The van der Waals surface area contributed by atoms with Crippen molar-refractivity contribution in [1.82, 2.24) is 4.90 Å². The number of ether oxygens (including phenoxy) is 1. The molecule has 27 heavy (non-hydrogen) atoms. The van der Waals surface area contributed by atoms with Gasteiger partial charge < -0.3 is 19.4 Å². The lowest BCUT2D eigenvalue weighted by Crippen LogP contribution is -2.48. The lowest BCUT2D eigenvalue weighted by molar-refractivity contribution is -0.117. The number of methoxy groups -OCH3 is 1. The van der Waals surface area contributed by atoms with Gasteiger partial charge in [0.05, 0.1) is 19.2 Å². The first kappa shape index (κ1) is 17.4. The van der Waals surface area contributed by atoms with E-state index < -0.39 is 0 Å². The third kappa shape index (κ3) is 3.12. The van der Waals surface area contributed by atoms with Gasteiger partial charge in [0.25, 0.3) is 5.91 Å². The summed E-state index contributed by atoms with van der Waals surface area (Å²) in [5.74, 6) is 0.948. The molecule has 0 radical (unpaired) electrons. The Labute approximate surface area is 158 Å². The number of benzene rings is 2. The molecule has 0 N–H and O–H groups in total. The SMILES string of the molecule is COc1ccccc1N1CCN(C(=O)c2ccc3c(c2)CC(=O)N3C)CC1. The highest BCUT2D eigenvalue weighted by molar-refractivity contribution is 6.03. The third-order valence-corrected chi connectivity index (χ3v) is 5.40. The summed E-state index contributed by atoms with van der Waals surface area (Å²) in [6.07, 6.45) is 0.370. The molecular weight excluding hydrogens is 342 g/mol. The molecule has 1 fully saturated rings. The standard InChI is InChI=1S/C21H23N3O3/c1-22-17-8-7-15(13-16(17)14-20(22)25)21(26)24-11-9-23(10-12-24)18-5-3-4-6-19(18)27-2/h3-8,13H,9-12,14H2,1-2H3. The van der Waals surface area contributed by atoms with E-state index in [-0.39, 0.29) is 11.8 Å². The monoisotopic (exact) mass is 365 g/mol. The van der Waals surface area contributed by atoms with Crippen LogP contribution in [-0.2, 0) is 11.2 Å². The van der Waals surface area contributed by atoms with E-state index in [2.05, 4.69) is 4.90 Å². The van der Waals surface area contributed by atoms with Gasteiger partial charge in [-0.05, 0) is 35.9 Å². The van der Waals surface area contributed by atoms with Crippen molar-refractivity contribution in [2.45, 2.75) is 6.42 Å². The number of rotatable bonds is 3. The summed E-state index contributed by atoms with van der Waals surface area (Å²) < 4.78 is 5.45. The second-order valence-electron chi connectivity index (χ2n) is 6.92. The van der Waals surface area contributed by atoms with Crippen molar-refractivity contribution in [1.29, 1.82) is 0 Å². The van der Waals surface area contributed by atoms with Crippen LogP contribution >= 0.6 is 0 Å². The Morgan fingerprint density at radius 3 is 2.48 bits per heavy atom. The minimum absolute atomic E-state index is 0.0273. The average Bonchev–Trinajstić information content (AvgIpc) is 3.00. The second kappa shape index (κ2) is 6.95. The zero-order valence-electron chi connectivity index (χ0n) is 15.6. The number of amides is 2. The number of hydrogen-bond donors (Lipinski definition) is 0. The lowest BCUT2D eigenvalue weighted by atomic mass is 10.1. The molecule has 0 aromatic heterocycles. The highest BCUT2D eigenvalue weighted by atomic mass is 16.5. The summed E-state index contributed by atoms with van der Waals surface area (Å²) in [5.41, 5.74) is 3.55. The Hall–Kier alpha value is -3.02. The molecule has 6 heteroatoms. The molecule has 2 aliphatic heterocycles. The number of para-hydroxylation sites is 2. The van der Waals surface area contributed by atoms with Crippen LogP contribution in [0.5, 0.6) is 5.75 Å². The number of hydrogen-bond acceptors (Lipinski definition) is 4. The molecule has 0 aliphatic carbocycles. The minimum atomic E-state index is 0.0273. The number of carbonyl (C=O) groups excluding carboxylic acids is 2. The number of anilines is 2. The maximum Gasteiger partial charge on any atom is 0.253 e. The fourth-order valence-electron chi connectivity index (χ4n) is 3.83. The van der Waals surface area contributed by atoms with Crippen LogP contribution in [0, 0.1) is 0 Å². The van der Waals surface area contributed by atoms with Gasteiger partial charge in [-0.1, -0.05) is 12.1 Å². The summed E-state index contributed by atoms with van der Waals surface area (Å²) >= 11 is 0. The molecule has 0 atom stereocenters. The second-order valence-corrected chi connectivity index (χ2v) is 6.92. The molecule has 0 unspecified atom stereocenters. The van der Waals surface area contributed by atoms with E-state index >= 15 is 0 Å². The molecule has 140 valence electrons. The zero-order chi connectivity index (χ0) is 19.0. The first-order valence-corrected chi connectivity index (χ1v) is 9.15. The van der Waals surface area contributed by atoms with Gasteiger partial charge in [-0.2, -0.15) is 0 Å². The van der Waals surface area contributed by atoms with Crippen molar-refractivity contribution in [2.75, 3.05) is 50.1 Å². The molecule has 2 aromatic rings. The fourth-order valence-corrected chi connectivity index (χ4v) is 3.83. The summed E-state index contributed by atoms with van der Waals surface area (Å²) in [5, 5.41) is 0. The predicted octanol–water partition coefficient (Wildman–Crippen LogP) is 2.18. The highest BCUT2D eigenvalue weighted by Crippen LogP contribution is 2.30. The highest BCUT2D eigenvalue weighted by Gasteiger charge is 2.27. The normalized spacial score (nSPS) is 16.5. The van der Waals surface area contributed by atoms with Crippen molar-refractivity contribution in [3.05, 3.63) is 53.6 Å². The summed E-state index contributed by atoms with van der Waals surface area (Å²) in [4.78, 5) is 30.5. The van der Waals surface area contributed by atoms with Gasteiger partial charge >= 0.3 is 0 Å². The largest absolute Gasteiger partial charge is 0.495 e. The van der Waals surface area contributed by atoms with Gasteiger partial charge in [0.15, 0.2) is 0 Å². The van der Waals surface area contributed by atoms with Crippen LogP contribution < -0.4 is 14.5 Å². The van der Waals surface area contributed by atoms with Gasteiger partial charge in [-0.25, -0.2) is 0 Å². The molecule has 2 amide bonds. The first-order chi connectivity index (χ1) is 13.1. The van der Waals surface area contributed by atoms with E-state index in [0.717, 1.165) is 35.8 Å². The van der Waals surface area contributed by atoms with Gasteiger partial charge in [-0.3, -0.25) is 9.59 Å². The van der Waals surface area contributed by atoms with E-state index in [1.165, 1.54) is 0 Å². The summed E-state index contributed by atoms with van der Waals surface area (Å²) in [6, 6.07) is 13.5. The Kier molecular flexibility index (Phi) is 4.48. The molecule has 2 aliphatic rings. The van der Waals surface area contributed by atoms with Crippen LogP contribution in [0.2, 0.25) is 0 Å². The lowest BCUT2D eigenvalue weighted by Gasteiger charge is -2.36. The molecule has 1 saturated heterocycles. The number of nitrogens with zero attached hydrogens (tertiary/aromatic N) is 3. The van der Waals surface area contributed by atoms with E-state index in [9.17, 15) is 9.59 Å². The van der Waals surface area contributed by atoms with E-state index in [0.29, 0.717) is 25.1 Å². The number of likely N-dealkylation sites (N-methyl/N-ethyl adjacent to an activating group) is 1. The van der Waals surface area contributed by atoms with E-state index in [4.69, 9.17) is 4.74 Å². The van der Waals surface area contributed by atoms with Crippen LogP contribution in [0.3, 0.4) is 0 Å². The van der Waals surface area contributed by atoms with Gasteiger partial charge in [0, 0.05) is 44.5 Å². The topological polar surface area (TPSA) is 53.1 Å². The van der Waals surface area contributed by atoms with Crippen molar-refractivity contribution in [2.24, 2.45) is 0 Å². The van der Waals surface area contributed by atoms with Crippen molar-refractivity contribution < 1.29 is 14.3 Å². The molecule has 0 saturated carbocycles. The first-order valence-electron chi connectivity index (χ1n) is 9.15. The van der Waals surface area contributed by atoms with E-state index in [1.807, 2.05) is 47.4 Å². The maximum absolute atomic E-state index is 12.9. The average molecular weight is 365 g/mol. The number of fused-ring (bicyclic) bond motifs is 1. The predicted molar refractivity (Wildman–Crippen MR) is 105 cm³/mol. The summed E-state index contributed by atoms with van der Waals surface area (Å²) in [7, 11) is 3.45. The molecule has 0 bridgehead atoms. The van der Waals surface area contributed by atoms with Gasteiger partial charge in [0.2, 0.25) is 5.91 Å². The van der Waals surface area contributed by atoms with E-state index in [1.54, 1.807) is 19.1 Å². The van der Waals surface area contributed by atoms with Gasteiger partial charge in [-0.15, -0.1) is 0 Å². The Morgan fingerprint density at radius 2 is 1.74 bits per heavy atom. The van der Waals surface area contributed by atoms with Crippen LogP contribution in [0.15, 0.2) is 42.5 Å². The van der Waals surface area contributed by atoms with Crippen molar-refractivity contribution in [3.63, 3.8) is 0 Å². The molecular formula is C21H23N3O3. The quantitative estimate of drug-likeness (QED) is 0.837. The molecule has 0 spiro atoms. The van der Waals surface area contributed by atoms with Crippen molar-refractivity contribution >= 4 is 23.2 Å². The molecule has 2 heterocycles. The van der Waals surface area contributed by atoms with Gasteiger partial charge in [0.1, 0.15) is 5.75 Å². The van der Waals surface area contributed by atoms with Crippen LogP contribution in [-0.4, -0.2) is 57.1 Å². The smallest absolute Gasteiger partial charge is 0.253 e. The molecule has 6 nitrogen and oxygen atoms in total. The number of carbonyl (C=O) groups is 2. The third-order valence-electron chi connectivity index (χ3n) is 5.40. The Balaban J connectivity index is 1.45. The fraction of sp³-hybridized carbons (Fsp3) is 0.333. The van der Waals surface area contributed by atoms with Crippen molar-refractivity contribution in [3.8, 4) is 5.75 Å². The minimum Gasteiger partial charge on any atom is -0.495 e. The van der Waals surface area contributed by atoms with Crippen LogP contribution in [0.25, 0.3) is 0 Å². The zero-order valence-corrected chi connectivity index (χ0v) is 15.6. The Morgan fingerprint density at radius 1 is 1.00 bits per heavy atom. The van der Waals surface area contributed by atoms with Crippen LogP contribution in [0.4, 0.5) is 11.4 Å².